The molecule has 0 bridgehead atoms. The Hall–Kier alpha value is -1.67. The highest BCUT2D eigenvalue weighted by Gasteiger charge is 2.32. The predicted molar refractivity (Wildman–Crippen MR) is 107 cm³/mol. The molecular weight excluding hydrogens is 364 g/mol. The van der Waals surface area contributed by atoms with Gasteiger partial charge in [-0.1, -0.05) is 13.8 Å². The molecular formula is C19H30N4O3S. The number of rotatable bonds is 4. The summed E-state index contributed by atoms with van der Waals surface area (Å²) in [7, 11) is 1.84. The molecule has 0 aromatic carbocycles. The molecule has 1 fully saturated rings. The number of likely N-dealkylation sites (N-methyl/N-ethyl adjacent to an activating group) is 1. The highest BCUT2D eigenvalue weighted by atomic mass is 32.1. The Labute approximate surface area is 164 Å². The Kier molecular flexibility index (Phi) is 6.05. The minimum absolute atomic E-state index is 0.0390. The number of hydrogen-bond acceptors (Lipinski definition) is 5. The second-order valence-corrected chi connectivity index (χ2v) is 9.42. The van der Waals surface area contributed by atoms with Crippen LogP contribution in [0.3, 0.4) is 0 Å². The van der Waals surface area contributed by atoms with Gasteiger partial charge in [-0.2, -0.15) is 0 Å². The second-order valence-electron chi connectivity index (χ2n) is 8.34. The Bertz CT molecular complexity index is 703. The number of thiazole rings is 1. The van der Waals surface area contributed by atoms with Crippen LogP contribution in [0.4, 0.5) is 9.93 Å². The van der Waals surface area contributed by atoms with Crippen molar-refractivity contribution < 1.29 is 14.7 Å². The van der Waals surface area contributed by atoms with Crippen LogP contribution in [0.25, 0.3) is 0 Å². The Morgan fingerprint density at radius 3 is 2.81 bits per heavy atom. The number of urea groups is 1. The molecule has 1 unspecified atom stereocenters. The average molecular weight is 395 g/mol. The maximum Gasteiger partial charge on any atom is 0.323 e. The lowest BCUT2D eigenvalue weighted by Gasteiger charge is -2.27. The molecule has 2 aliphatic rings. The summed E-state index contributed by atoms with van der Waals surface area (Å²) in [4.78, 5) is 33.4. The minimum atomic E-state index is -0.813. The van der Waals surface area contributed by atoms with E-state index in [0.717, 1.165) is 37.8 Å². The van der Waals surface area contributed by atoms with Gasteiger partial charge in [0.05, 0.1) is 12.2 Å². The van der Waals surface area contributed by atoms with Crippen LogP contribution in [-0.4, -0.2) is 64.6 Å². The standard InChI is InChI=1S/C19H30N4O3S/c1-19(2)9-4-7-14-16(19)20-17(27-14)21-18(26)23-10-5-6-13(8-11-23)22(3)12-15(24)25/h13H,4-12H2,1-3H3,(H,24,25)(H,20,21,26). The van der Waals surface area contributed by atoms with Crippen molar-refractivity contribution in [1.29, 1.82) is 0 Å². The number of anilines is 1. The summed E-state index contributed by atoms with van der Waals surface area (Å²) in [5.41, 5.74) is 1.22. The summed E-state index contributed by atoms with van der Waals surface area (Å²) in [5.74, 6) is -0.813. The third-order valence-corrected chi connectivity index (χ3v) is 6.78. The van der Waals surface area contributed by atoms with E-state index in [1.807, 2.05) is 16.8 Å². The Balaban J connectivity index is 1.59. The van der Waals surface area contributed by atoms with Gasteiger partial charge < -0.3 is 10.0 Å². The molecule has 1 saturated heterocycles. The number of amides is 2. The predicted octanol–water partition coefficient (Wildman–Crippen LogP) is 3.16. The Morgan fingerprint density at radius 2 is 2.11 bits per heavy atom. The summed E-state index contributed by atoms with van der Waals surface area (Å²) < 4.78 is 0. The van der Waals surface area contributed by atoms with E-state index in [-0.39, 0.29) is 24.0 Å². The highest BCUT2D eigenvalue weighted by Crippen LogP contribution is 2.40. The minimum Gasteiger partial charge on any atom is -0.480 e. The fourth-order valence-electron chi connectivity index (χ4n) is 4.15. The number of aromatic nitrogens is 1. The van der Waals surface area contributed by atoms with Crippen LogP contribution >= 0.6 is 11.3 Å². The van der Waals surface area contributed by atoms with Crippen LogP contribution < -0.4 is 5.32 Å². The highest BCUT2D eigenvalue weighted by molar-refractivity contribution is 7.15. The van der Waals surface area contributed by atoms with Crippen molar-refractivity contribution >= 4 is 28.5 Å². The van der Waals surface area contributed by atoms with Gasteiger partial charge in [0.25, 0.3) is 0 Å². The van der Waals surface area contributed by atoms with Crippen LogP contribution in [0.5, 0.6) is 0 Å². The van der Waals surface area contributed by atoms with E-state index in [2.05, 4.69) is 19.2 Å². The number of nitrogens with zero attached hydrogens (tertiary/aromatic N) is 3. The number of fused-ring (bicyclic) bond motifs is 1. The monoisotopic (exact) mass is 394 g/mol. The van der Waals surface area contributed by atoms with Gasteiger partial charge >= 0.3 is 12.0 Å². The topological polar surface area (TPSA) is 85.8 Å². The number of hydrogen-bond donors (Lipinski definition) is 2. The van der Waals surface area contributed by atoms with E-state index in [1.54, 1.807) is 11.3 Å². The van der Waals surface area contributed by atoms with Gasteiger partial charge in [-0.05, 0) is 45.6 Å². The van der Waals surface area contributed by atoms with Crippen LogP contribution in [0.1, 0.15) is 56.5 Å². The smallest absolute Gasteiger partial charge is 0.323 e. The number of likely N-dealkylation sites (tertiary alicyclic amines) is 1. The summed E-state index contributed by atoms with van der Waals surface area (Å²) in [5, 5.41) is 12.7. The van der Waals surface area contributed by atoms with Crippen LogP contribution in [0.2, 0.25) is 0 Å². The van der Waals surface area contributed by atoms with E-state index in [9.17, 15) is 9.59 Å². The lowest BCUT2D eigenvalue weighted by molar-refractivity contribution is -0.138. The van der Waals surface area contributed by atoms with E-state index in [1.165, 1.54) is 11.3 Å². The van der Waals surface area contributed by atoms with Crippen molar-refractivity contribution in [3.8, 4) is 0 Å². The molecule has 0 radical (unpaired) electrons. The molecule has 2 heterocycles. The SMILES string of the molecule is CN(CC(=O)O)C1CCCN(C(=O)Nc2nc3c(s2)CCCC3(C)C)CC1. The molecule has 1 atom stereocenters. The van der Waals surface area contributed by atoms with Gasteiger partial charge in [-0.15, -0.1) is 11.3 Å². The van der Waals surface area contributed by atoms with E-state index in [0.29, 0.717) is 18.2 Å². The van der Waals surface area contributed by atoms with Crippen LogP contribution in [-0.2, 0) is 16.6 Å². The van der Waals surface area contributed by atoms with Crippen molar-refractivity contribution in [2.24, 2.45) is 0 Å². The van der Waals surface area contributed by atoms with Crippen LogP contribution in [0, 0.1) is 0 Å². The first-order chi connectivity index (χ1) is 12.8. The molecule has 1 aliphatic carbocycles. The zero-order valence-corrected chi connectivity index (χ0v) is 17.3. The maximum absolute atomic E-state index is 12.7. The fraction of sp³-hybridized carbons (Fsp3) is 0.737. The van der Waals surface area contributed by atoms with E-state index < -0.39 is 5.97 Å². The van der Waals surface area contributed by atoms with Crippen molar-refractivity contribution in [3.63, 3.8) is 0 Å². The lowest BCUT2D eigenvalue weighted by Crippen LogP contribution is -2.38. The molecule has 0 saturated carbocycles. The molecule has 1 aromatic rings. The third-order valence-electron chi connectivity index (χ3n) is 5.75. The van der Waals surface area contributed by atoms with Crippen LogP contribution in [0.15, 0.2) is 0 Å². The Morgan fingerprint density at radius 1 is 1.33 bits per heavy atom. The van der Waals surface area contributed by atoms with E-state index in [4.69, 9.17) is 10.1 Å². The lowest BCUT2D eigenvalue weighted by atomic mass is 9.79. The number of carbonyl (C=O) groups is 2. The molecule has 27 heavy (non-hydrogen) atoms. The quantitative estimate of drug-likeness (QED) is 0.819. The first kappa shape index (κ1) is 20.1. The number of carboxylic acids is 1. The molecule has 1 aliphatic heterocycles. The zero-order valence-electron chi connectivity index (χ0n) is 16.5. The van der Waals surface area contributed by atoms with Gasteiger partial charge in [-0.25, -0.2) is 9.78 Å². The van der Waals surface area contributed by atoms with Gasteiger partial charge in [0.15, 0.2) is 5.13 Å². The number of carboxylic acid groups (broad SMARTS) is 1. The van der Waals surface area contributed by atoms with Crippen molar-refractivity contribution in [1.82, 2.24) is 14.8 Å². The van der Waals surface area contributed by atoms with Crippen molar-refractivity contribution in [2.75, 3.05) is 32.0 Å². The average Bonchev–Trinajstić information content (AvgIpc) is 2.84. The van der Waals surface area contributed by atoms with E-state index >= 15 is 0 Å². The number of carbonyl (C=O) groups excluding carboxylic acids is 1. The first-order valence-corrected chi connectivity index (χ1v) is 10.6. The van der Waals surface area contributed by atoms with Crippen molar-refractivity contribution in [3.05, 3.63) is 10.6 Å². The molecule has 0 spiro atoms. The van der Waals surface area contributed by atoms with Gasteiger partial charge in [0, 0.05) is 29.4 Å². The summed E-state index contributed by atoms with van der Waals surface area (Å²) >= 11 is 1.60. The largest absolute Gasteiger partial charge is 0.480 e. The number of nitrogens with one attached hydrogen (secondary N) is 1. The fourth-order valence-corrected chi connectivity index (χ4v) is 5.32. The molecule has 2 amide bonds. The molecule has 3 rings (SSSR count). The van der Waals surface area contributed by atoms with Gasteiger partial charge in [-0.3, -0.25) is 15.0 Å². The van der Waals surface area contributed by atoms with Crippen molar-refractivity contribution in [2.45, 2.75) is 63.8 Å². The summed E-state index contributed by atoms with van der Waals surface area (Å²) in [6, 6.07) is 0.104. The normalized spacial score (nSPS) is 22.2. The third kappa shape index (κ3) is 4.79. The summed E-state index contributed by atoms with van der Waals surface area (Å²) in [6.45, 7) is 5.81. The molecule has 8 heteroatoms. The molecule has 7 nitrogen and oxygen atoms in total. The molecule has 2 N–H and O–H groups in total. The molecule has 150 valence electrons. The van der Waals surface area contributed by atoms with Gasteiger partial charge in [0.2, 0.25) is 0 Å². The number of aryl methyl sites for hydroxylation is 1. The zero-order chi connectivity index (χ0) is 19.6. The maximum atomic E-state index is 12.7. The first-order valence-electron chi connectivity index (χ1n) is 9.74. The second kappa shape index (κ2) is 8.14. The summed E-state index contributed by atoms with van der Waals surface area (Å²) in [6.07, 6.45) is 5.93. The number of aliphatic carboxylic acids is 1. The molecule has 1 aromatic heterocycles. The van der Waals surface area contributed by atoms with Gasteiger partial charge in [0.1, 0.15) is 0 Å².